The van der Waals surface area contributed by atoms with Gasteiger partial charge in [0.05, 0.1) is 10.6 Å². The second kappa shape index (κ2) is 3.85. The molecule has 15 heavy (non-hydrogen) atoms. The molecule has 4 heteroatoms. The van der Waals surface area contributed by atoms with Gasteiger partial charge < -0.3 is 10.6 Å². The van der Waals surface area contributed by atoms with E-state index in [1.54, 1.807) is 19.0 Å². The van der Waals surface area contributed by atoms with Crippen LogP contribution in [-0.2, 0) is 5.41 Å². The van der Waals surface area contributed by atoms with E-state index in [1.165, 1.54) is 11.3 Å². The molecule has 1 rings (SSSR count). The molecule has 0 unspecified atom stereocenters. The molecule has 3 nitrogen and oxygen atoms in total. The van der Waals surface area contributed by atoms with Crippen molar-refractivity contribution in [2.75, 3.05) is 19.8 Å². The van der Waals surface area contributed by atoms with Crippen LogP contribution in [0.3, 0.4) is 0 Å². The normalized spacial score (nSPS) is 11.5. The summed E-state index contributed by atoms with van der Waals surface area (Å²) in [5.74, 6) is -0.0151. The molecule has 84 valence electrons. The summed E-state index contributed by atoms with van der Waals surface area (Å²) in [4.78, 5) is 13.5. The van der Waals surface area contributed by atoms with Crippen LogP contribution >= 0.6 is 11.3 Å². The lowest BCUT2D eigenvalue weighted by molar-refractivity contribution is 0.0827. The Morgan fingerprint density at radius 3 is 2.33 bits per heavy atom. The van der Waals surface area contributed by atoms with Crippen molar-refractivity contribution < 1.29 is 4.79 Å². The Morgan fingerprint density at radius 2 is 1.93 bits per heavy atom. The zero-order valence-corrected chi connectivity index (χ0v) is 10.7. The second-order valence-corrected chi connectivity index (χ2v) is 5.75. The number of nitrogens with zero attached hydrogens (tertiary/aromatic N) is 1. The Kier molecular flexibility index (Phi) is 3.09. The molecule has 0 saturated heterocycles. The van der Waals surface area contributed by atoms with Gasteiger partial charge in [-0.2, -0.15) is 0 Å². The number of carbonyl (C=O) groups excluding carboxylic acids is 1. The first-order chi connectivity index (χ1) is 6.75. The average molecular weight is 226 g/mol. The quantitative estimate of drug-likeness (QED) is 0.799. The first kappa shape index (κ1) is 12.0. The van der Waals surface area contributed by atoms with Crippen molar-refractivity contribution in [1.29, 1.82) is 0 Å². The van der Waals surface area contributed by atoms with Gasteiger partial charge in [-0.05, 0) is 16.4 Å². The van der Waals surface area contributed by atoms with Gasteiger partial charge >= 0.3 is 0 Å². The maximum atomic E-state index is 11.9. The summed E-state index contributed by atoms with van der Waals surface area (Å²) in [5, 5.41) is 2.59. The van der Waals surface area contributed by atoms with Gasteiger partial charge in [0.25, 0.3) is 5.91 Å². The van der Waals surface area contributed by atoms with Gasteiger partial charge in [-0.3, -0.25) is 4.79 Å². The van der Waals surface area contributed by atoms with Crippen molar-refractivity contribution >= 4 is 22.2 Å². The summed E-state index contributed by atoms with van der Waals surface area (Å²) >= 11 is 1.43. The van der Waals surface area contributed by atoms with Crippen LogP contribution in [-0.4, -0.2) is 24.9 Å². The van der Waals surface area contributed by atoms with Crippen molar-refractivity contribution in [3.05, 3.63) is 16.5 Å². The molecule has 0 saturated carbocycles. The van der Waals surface area contributed by atoms with E-state index in [0.29, 0.717) is 10.6 Å². The van der Waals surface area contributed by atoms with E-state index in [1.807, 2.05) is 5.38 Å². The minimum absolute atomic E-state index is 0.0151. The molecule has 0 aromatic carbocycles. The number of carbonyl (C=O) groups is 1. The molecule has 0 radical (unpaired) electrons. The number of nitrogens with two attached hydrogens (primary N) is 1. The number of rotatable bonds is 1. The van der Waals surface area contributed by atoms with E-state index in [0.717, 1.165) is 5.56 Å². The summed E-state index contributed by atoms with van der Waals surface area (Å²) in [5.41, 5.74) is 7.50. The highest BCUT2D eigenvalue weighted by Gasteiger charge is 2.26. The highest BCUT2D eigenvalue weighted by atomic mass is 32.1. The molecule has 0 aliphatic rings. The predicted molar refractivity (Wildman–Crippen MR) is 65.4 cm³/mol. The van der Waals surface area contributed by atoms with E-state index in [4.69, 9.17) is 5.73 Å². The Bertz CT molecular complexity index is 374. The molecule has 1 aromatic rings. The fourth-order valence-corrected chi connectivity index (χ4v) is 2.40. The number of nitrogen functional groups attached to an aromatic ring is 1. The van der Waals surface area contributed by atoms with Gasteiger partial charge in [0.15, 0.2) is 0 Å². The molecule has 0 atom stereocenters. The fraction of sp³-hybridized carbons (Fsp3) is 0.545. The first-order valence-electron chi connectivity index (χ1n) is 4.84. The molecular formula is C11H18N2OS. The molecule has 0 bridgehead atoms. The largest absolute Gasteiger partial charge is 0.390 e. The molecule has 2 N–H and O–H groups in total. The lowest BCUT2D eigenvalue weighted by Gasteiger charge is -2.21. The van der Waals surface area contributed by atoms with Crippen LogP contribution in [0.4, 0.5) is 5.00 Å². The molecule has 0 aliphatic carbocycles. The van der Waals surface area contributed by atoms with Gasteiger partial charge in [-0.15, -0.1) is 11.3 Å². The van der Waals surface area contributed by atoms with Gasteiger partial charge in [0.2, 0.25) is 0 Å². The maximum Gasteiger partial charge on any atom is 0.256 e. The number of amides is 1. The zero-order chi connectivity index (χ0) is 11.8. The molecular weight excluding hydrogens is 208 g/mol. The Labute approximate surface area is 94.9 Å². The number of anilines is 1. The number of hydrogen-bond acceptors (Lipinski definition) is 3. The van der Waals surface area contributed by atoms with Crippen LogP contribution in [0.1, 0.15) is 36.7 Å². The third kappa shape index (κ3) is 2.31. The summed E-state index contributed by atoms with van der Waals surface area (Å²) in [6, 6.07) is 0. The van der Waals surface area contributed by atoms with Crippen LogP contribution in [0.5, 0.6) is 0 Å². The lowest BCUT2D eigenvalue weighted by Crippen LogP contribution is -2.25. The van der Waals surface area contributed by atoms with E-state index in [2.05, 4.69) is 20.8 Å². The highest BCUT2D eigenvalue weighted by Crippen LogP contribution is 2.34. The number of thiophene rings is 1. The smallest absolute Gasteiger partial charge is 0.256 e. The summed E-state index contributed by atoms with van der Waals surface area (Å²) in [6.07, 6.45) is 0. The molecule has 0 fully saturated rings. The zero-order valence-electron chi connectivity index (χ0n) is 9.92. The minimum atomic E-state index is -0.0465. The summed E-state index contributed by atoms with van der Waals surface area (Å²) < 4.78 is 0. The molecule has 1 amide bonds. The molecule has 1 heterocycles. The average Bonchev–Trinajstić information content (AvgIpc) is 2.44. The van der Waals surface area contributed by atoms with Crippen molar-refractivity contribution in [2.24, 2.45) is 0 Å². The third-order valence-corrected chi connectivity index (χ3v) is 3.06. The third-order valence-electron chi connectivity index (χ3n) is 2.25. The van der Waals surface area contributed by atoms with Crippen LogP contribution < -0.4 is 5.73 Å². The summed E-state index contributed by atoms with van der Waals surface area (Å²) in [7, 11) is 3.48. The van der Waals surface area contributed by atoms with E-state index in [-0.39, 0.29) is 11.3 Å². The second-order valence-electron chi connectivity index (χ2n) is 4.84. The topological polar surface area (TPSA) is 46.3 Å². The molecule has 0 spiro atoms. The monoisotopic (exact) mass is 226 g/mol. The van der Waals surface area contributed by atoms with Crippen LogP contribution in [0.15, 0.2) is 5.38 Å². The van der Waals surface area contributed by atoms with Crippen LogP contribution in [0, 0.1) is 0 Å². The van der Waals surface area contributed by atoms with Crippen molar-refractivity contribution in [3.63, 3.8) is 0 Å². The van der Waals surface area contributed by atoms with Crippen molar-refractivity contribution in [2.45, 2.75) is 26.2 Å². The van der Waals surface area contributed by atoms with Crippen molar-refractivity contribution in [3.8, 4) is 0 Å². The maximum absolute atomic E-state index is 11.9. The summed E-state index contributed by atoms with van der Waals surface area (Å²) in [6.45, 7) is 6.25. The van der Waals surface area contributed by atoms with Crippen LogP contribution in [0.2, 0.25) is 0 Å². The Morgan fingerprint density at radius 1 is 1.40 bits per heavy atom. The van der Waals surface area contributed by atoms with Gasteiger partial charge in [0, 0.05) is 14.1 Å². The first-order valence-corrected chi connectivity index (χ1v) is 5.72. The number of hydrogen-bond donors (Lipinski definition) is 1. The van der Waals surface area contributed by atoms with E-state index in [9.17, 15) is 4.79 Å². The van der Waals surface area contributed by atoms with Gasteiger partial charge in [-0.25, -0.2) is 0 Å². The highest BCUT2D eigenvalue weighted by molar-refractivity contribution is 7.14. The predicted octanol–water partition coefficient (Wildman–Crippen LogP) is 2.33. The van der Waals surface area contributed by atoms with E-state index < -0.39 is 0 Å². The molecule has 0 aliphatic heterocycles. The standard InChI is InChI=1S/C11H18N2OS/c1-11(2,3)7-6-15-9(12)8(7)10(14)13(4)5/h6H,12H2,1-5H3. The molecule has 1 aromatic heterocycles. The Hall–Kier alpha value is -1.03. The van der Waals surface area contributed by atoms with Crippen molar-refractivity contribution in [1.82, 2.24) is 4.90 Å². The van der Waals surface area contributed by atoms with Gasteiger partial charge in [-0.1, -0.05) is 20.8 Å². The minimum Gasteiger partial charge on any atom is -0.390 e. The fourth-order valence-electron chi connectivity index (χ4n) is 1.37. The SMILES string of the molecule is CN(C)C(=O)c1c(C(C)(C)C)csc1N. The van der Waals surface area contributed by atoms with E-state index >= 15 is 0 Å². The van der Waals surface area contributed by atoms with Crippen LogP contribution in [0.25, 0.3) is 0 Å². The van der Waals surface area contributed by atoms with Gasteiger partial charge in [0.1, 0.15) is 0 Å². The Balaban J connectivity index is 3.28. The lowest BCUT2D eigenvalue weighted by atomic mass is 9.86.